The molecule has 2 amide bonds. The molecule has 50 heavy (non-hydrogen) atoms. The number of ether oxygens (including phenoxy) is 3. The number of aliphatic carboxylic acids is 1. The number of nitrogens with one attached hydrogen (secondary N) is 2. The number of amides is 2. The van der Waals surface area contributed by atoms with Gasteiger partial charge in [-0.2, -0.15) is 0 Å². The van der Waals surface area contributed by atoms with Gasteiger partial charge in [-0.05, 0) is 130 Å². The Balaban J connectivity index is 1.08. The zero-order valence-electron chi connectivity index (χ0n) is 31.7. The molecule has 0 spiro atoms. The first kappa shape index (κ1) is 36.3. The summed E-state index contributed by atoms with van der Waals surface area (Å²) in [5.41, 5.74) is -0.666. The molecule has 10 heteroatoms. The Morgan fingerprint density at radius 2 is 1.58 bits per heavy atom. The molecule has 1 heterocycles. The van der Waals surface area contributed by atoms with Gasteiger partial charge in [-0.25, -0.2) is 9.59 Å². The Labute approximate surface area is 299 Å². The first-order chi connectivity index (χ1) is 23.7. The maximum absolute atomic E-state index is 13.3. The number of carbonyl (C=O) groups is 3. The lowest BCUT2D eigenvalue weighted by molar-refractivity contribution is -0.250. The molecule has 0 radical (unpaired) electrons. The van der Waals surface area contributed by atoms with E-state index in [1.165, 1.54) is 0 Å². The quantitative estimate of drug-likeness (QED) is 0.251. The van der Waals surface area contributed by atoms with E-state index in [4.69, 9.17) is 14.2 Å². The van der Waals surface area contributed by atoms with Crippen LogP contribution in [0.4, 0.5) is 9.59 Å². The molecule has 3 N–H and O–H groups in total. The molecule has 282 valence electrons. The highest BCUT2D eigenvalue weighted by molar-refractivity contribution is 5.76. The van der Waals surface area contributed by atoms with Gasteiger partial charge in [0.2, 0.25) is 0 Å². The predicted octanol–water partition coefficient (Wildman–Crippen LogP) is 6.86. The molecule has 7 fully saturated rings. The van der Waals surface area contributed by atoms with Crippen LogP contribution in [-0.2, 0) is 19.0 Å². The van der Waals surface area contributed by atoms with Crippen molar-refractivity contribution in [3.05, 3.63) is 0 Å². The van der Waals surface area contributed by atoms with E-state index in [0.717, 1.165) is 97.1 Å². The van der Waals surface area contributed by atoms with Crippen LogP contribution < -0.4 is 10.6 Å². The molecule has 0 aromatic carbocycles. The van der Waals surface area contributed by atoms with Gasteiger partial charge < -0.3 is 30.0 Å². The number of carboxylic acid groups (broad SMARTS) is 1. The summed E-state index contributed by atoms with van der Waals surface area (Å²) in [4.78, 5) is 41.4. The molecule has 4 unspecified atom stereocenters. The average molecular weight is 700 g/mol. The van der Waals surface area contributed by atoms with Crippen molar-refractivity contribution >= 4 is 18.2 Å². The van der Waals surface area contributed by atoms with Gasteiger partial charge in [0.25, 0.3) is 0 Å². The molecule has 6 aliphatic carbocycles. The lowest BCUT2D eigenvalue weighted by Gasteiger charge is -2.72. The fraction of sp³-hybridized carbons (Fsp3) is 0.925. The summed E-state index contributed by atoms with van der Waals surface area (Å²) in [6, 6.07) is 0.290. The van der Waals surface area contributed by atoms with Crippen molar-refractivity contribution in [1.82, 2.24) is 15.5 Å². The van der Waals surface area contributed by atoms with Crippen LogP contribution in [0.1, 0.15) is 119 Å². The third-order valence-electron chi connectivity index (χ3n) is 16.7. The van der Waals surface area contributed by atoms with Crippen LogP contribution in [0.25, 0.3) is 0 Å². The maximum Gasteiger partial charge on any atom is 0.407 e. The molecule has 1 aliphatic heterocycles. The van der Waals surface area contributed by atoms with Crippen LogP contribution in [0.2, 0.25) is 0 Å². The molecular formula is C40H65N3O7. The SMILES string of the molecule is C[C@H](OC(=O)NCCN1CCOCC1)[C@@H]1CC[C@]2(C(=O)O)CC[C@]3(C)C(CCC4[C@@]5(C)CC[C@@H](OC(=O)NC6CC6)C(C)(C)C5CC[C@]43C)C12. The van der Waals surface area contributed by atoms with E-state index in [2.05, 4.69) is 50.2 Å². The summed E-state index contributed by atoms with van der Waals surface area (Å²) in [5.74, 6) is 0.624. The summed E-state index contributed by atoms with van der Waals surface area (Å²) >= 11 is 0. The Bertz CT molecular complexity index is 1320. The number of alkyl carbamates (subject to hydrolysis) is 2. The second-order valence-electron chi connectivity index (χ2n) is 19.0. The van der Waals surface area contributed by atoms with Crippen LogP contribution in [0.3, 0.4) is 0 Å². The largest absolute Gasteiger partial charge is 0.481 e. The Morgan fingerprint density at radius 3 is 2.28 bits per heavy atom. The lowest BCUT2D eigenvalue weighted by atomic mass is 9.32. The number of carbonyl (C=O) groups excluding carboxylic acids is 2. The Hall–Kier alpha value is -2.07. The molecular weight excluding hydrogens is 634 g/mol. The first-order valence-corrected chi connectivity index (χ1v) is 20.1. The molecule has 0 aromatic rings. The topological polar surface area (TPSA) is 126 Å². The molecule has 7 rings (SSSR count). The van der Waals surface area contributed by atoms with Gasteiger partial charge in [0.15, 0.2) is 0 Å². The second-order valence-corrected chi connectivity index (χ2v) is 19.0. The van der Waals surface area contributed by atoms with E-state index in [-0.39, 0.29) is 63.8 Å². The van der Waals surface area contributed by atoms with Crippen LogP contribution in [-0.4, -0.2) is 85.8 Å². The normalized spacial score (nSPS) is 44.4. The summed E-state index contributed by atoms with van der Waals surface area (Å²) in [5, 5.41) is 16.9. The van der Waals surface area contributed by atoms with Gasteiger partial charge in [0.05, 0.1) is 18.6 Å². The standard InChI is InChI=1S/C40H65N3O7/c1-25(49-34(46)41-19-20-43-21-23-48-24-22-43)27-11-16-40(33(44)45)18-17-38(5)28(32(27)40)9-10-30-37(4)14-13-31(50-35(47)42-26-7-8-26)36(2,3)29(37)12-15-39(30,38)6/h25-32H,7-24H2,1-6H3,(H,41,46)(H,42,47)(H,44,45)/t25-,27-,28?,29?,30?,31+,32?,37-,38+,39+,40-/m0/s1. The molecule has 6 saturated carbocycles. The summed E-state index contributed by atoms with van der Waals surface area (Å²) in [6.45, 7) is 18.8. The van der Waals surface area contributed by atoms with Crippen LogP contribution in [0.15, 0.2) is 0 Å². The second kappa shape index (κ2) is 13.1. The number of fused-ring (bicyclic) bond motifs is 7. The number of hydrogen-bond donors (Lipinski definition) is 3. The summed E-state index contributed by atoms with van der Waals surface area (Å²) < 4.78 is 17.7. The third kappa shape index (κ3) is 5.85. The van der Waals surface area contributed by atoms with E-state index < -0.39 is 17.5 Å². The Kier molecular flexibility index (Phi) is 9.51. The van der Waals surface area contributed by atoms with Gasteiger partial charge in [0, 0.05) is 37.6 Å². The highest BCUT2D eigenvalue weighted by Gasteiger charge is 2.72. The monoisotopic (exact) mass is 699 g/mol. The number of nitrogens with zero attached hydrogens (tertiary/aromatic N) is 1. The van der Waals surface area contributed by atoms with Crippen LogP contribution in [0, 0.1) is 56.7 Å². The van der Waals surface area contributed by atoms with Crippen molar-refractivity contribution in [1.29, 1.82) is 0 Å². The first-order valence-electron chi connectivity index (χ1n) is 20.1. The van der Waals surface area contributed by atoms with Crippen molar-refractivity contribution in [3.8, 4) is 0 Å². The predicted molar refractivity (Wildman–Crippen MR) is 189 cm³/mol. The zero-order chi connectivity index (χ0) is 35.7. The van der Waals surface area contributed by atoms with Crippen molar-refractivity contribution in [2.24, 2.45) is 56.7 Å². The number of morpholine rings is 1. The van der Waals surface area contributed by atoms with Gasteiger partial charge in [-0.3, -0.25) is 9.69 Å². The lowest BCUT2D eigenvalue weighted by Crippen LogP contribution is -2.67. The fourth-order valence-electron chi connectivity index (χ4n) is 13.7. The summed E-state index contributed by atoms with van der Waals surface area (Å²) in [7, 11) is 0. The maximum atomic E-state index is 13.3. The molecule has 1 saturated heterocycles. The Morgan fingerprint density at radius 1 is 0.840 bits per heavy atom. The third-order valence-corrected chi connectivity index (χ3v) is 16.7. The molecule has 11 atom stereocenters. The minimum atomic E-state index is -0.748. The minimum absolute atomic E-state index is 0.00210. The number of rotatable bonds is 8. The van der Waals surface area contributed by atoms with Crippen molar-refractivity contribution in [3.63, 3.8) is 0 Å². The van der Waals surface area contributed by atoms with Crippen molar-refractivity contribution in [2.45, 2.75) is 137 Å². The zero-order valence-corrected chi connectivity index (χ0v) is 31.7. The number of carboxylic acids is 1. The van der Waals surface area contributed by atoms with E-state index >= 15 is 0 Å². The molecule has 0 bridgehead atoms. The highest BCUT2D eigenvalue weighted by Crippen LogP contribution is 2.77. The van der Waals surface area contributed by atoms with Gasteiger partial charge >= 0.3 is 18.2 Å². The van der Waals surface area contributed by atoms with Crippen LogP contribution >= 0.6 is 0 Å². The van der Waals surface area contributed by atoms with Gasteiger partial charge in [0.1, 0.15) is 12.2 Å². The van der Waals surface area contributed by atoms with E-state index in [1.807, 2.05) is 6.92 Å². The fourth-order valence-corrected chi connectivity index (χ4v) is 13.7. The van der Waals surface area contributed by atoms with E-state index in [1.54, 1.807) is 0 Å². The average Bonchev–Trinajstić information content (AvgIpc) is 3.78. The van der Waals surface area contributed by atoms with Gasteiger partial charge in [-0.1, -0.05) is 34.6 Å². The van der Waals surface area contributed by atoms with E-state index in [0.29, 0.717) is 31.2 Å². The summed E-state index contributed by atoms with van der Waals surface area (Å²) in [6.07, 6.45) is 10.4. The van der Waals surface area contributed by atoms with Crippen molar-refractivity contribution in [2.75, 3.05) is 39.4 Å². The van der Waals surface area contributed by atoms with Crippen LogP contribution in [0.5, 0.6) is 0 Å². The van der Waals surface area contributed by atoms with Crippen molar-refractivity contribution < 1.29 is 33.7 Å². The minimum Gasteiger partial charge on any atom is -0.481 e. The molecule has 0 aromatic heterocycles. The molecule has 10 nitrogen and oxygen atoms in total. The molecule has 7 aliphatic rings. The van der Waals surface area contributed by atoms with Gasteiger partial charge in [-0.15, -0.1) is 0 Å². The highest BCUT2D eigenvalue weighted by atomic mass is 16.6. The smallest absolute Gasteiger partial charge is 0.407 e. The number of hydrogen-bond acceptors (Lipinski definition) is 7. The van der Waals surface area contributed by atoms with E-state index in [9.17, 15) is 19.5 Å².